The molecule has 0 fully saturated rings. The van der Waals surface area contributed by atoms with Gasteiger partial charge in [0.2, 0.25) is 0 Å². The molecule has 0 spiro atoms. The van der Waals surface area contributed by atoms with E-state index in [0.717, 1.165) is 5.56 Å². The monoisotopic (exact) mass is 391 g/mol. The quantitative estimate of drug-likeness (QED) is 0.212. The lowest BCUT2D eigenvalue weighted by Crippen LogP contribution is -2.08. The molecule has 146 valence electrons. The van der Waals surface area contributed by atoms with Gasteiger partial charge in [-0.05, 0) is 66.2 Å². The van der Waals surface area contributed by atoms with E-state index in [1.54, 1.807) is 74.0 Å². The Morgan fingerprint density at radius 1 is 0.966 bits per heavy atom. The average Bonchev–Trinajstić information content (AvgIpc) is 2.75. The molecule has 1 N–H and O–H groups in total. The Morgan fingerprint density at radius 2 is 1.59 bits per heavy atom. The molecule has 0 atom stereocenters. The van der Waals surface area contributed by atoms with Crippen molar-refractivity contribution in [2.75, 3.05) is 12.5 Å². The summed E-state index contributed by atoms with van der Waals surface area (Å²) < 4.78 is 10.4. The van der Waals surface area contributed by atoms with Gasteiger partial charge in [-0.15, -0.1) is 0 Å². The number of hydrogen-bond acceptors (Lipinski definition) is 7. The maximum Gasteiger partial charge on any atom is 0.343 e. The van der Waals surface area contributed by atoms with E-state index in [-0.39, 0.29) is 5.69 Å². The van der Waals surface area contributed by atoms with Crippen molar-refractivity contribution in [2.45, 2.75) is 0 Å². The SMILES string of the molecule is COc1ccc(C(=O)Oc2ccc(/C=N/Nc3ccc([N+](=O)[O-])cc3)cc2)cc1. The fourth-order valence-electron chi connectivity index (χ4n) is 2.35. The Balaban J connectivity index is 1.55. The van der Waals surface area contributed by atoms with Crippen molar-refractivity contribution in [3.63, 3.8) is 0 Å². The number of ether oxygens (including phenoxy) is 2. The topological polar surface area (TPSA) is 103 Å². The first kappa shape index (κ1) is 19.6. The predicted molar refractivity (Wildman–Crippen MR) is 109 cm³/mol. The van der Waals surface area contributed by atoms with Crippen LogP contribution in [0.25, 0.3) is 0 Å². The molecule has 8 heteroatoms. The fourth-order valence-corrected chi connectivity index (χ4v) is 2.35. The number of benzene rings is 3. The van der Waals surface area contributed by atoms with Crippen LogP contribution < -0.4 is 14.9 Å². The largest absolute Gasteiger partial charge is 0.497 e. The van der Waals surface area contributed by atoms with Crippen LogP contribution in [0.4, 0.5) is 11.4 Å². The summed E-state index contributed by atoms with van der Waals surface area (Å²) in [6.07, 6.45) is 1.58. The van der Waals surface area contributed by atoms with E-state index in [2.05, 4.69) is 10.5 Å². The van der Waals surface area contributed by atoms with Gasteiger partial charge in [0.05, 0.1) is 29.5 Å². The zero-order chi connectivity index (χ0) is 20.6. The van der Waals surface area contributed by atoms with Crippen LogP contribution in [0.1, 0.15) is 15.9 Å². The van der Waals surface area contributed by atoms with Gasteiger partial charge < -0.3 is 9.47 Å². The minimum atomic E-state index is -0.464. The minimum Gasteiger partial charge on any atom is -0.497 e. The molecule has 0 radical (unpaired) electrons. The number of hydrazone groups is 1. The summed E-state index contributed by atoms with van der Waals surface area (Å²) in [7, 11) is 1.56. The van der Waals surface area contributed by atoms with Crippen LogP contribution in [0.2, 0.25) is 0 Å². The van der Waals surface area contributed by atoms with Gasteiger partial charge in [-0.2, -0.15) is 5.10 Å². The molecule has 29 heavy (non-hydrogen) atoms. The first-order valence-corrected chi connectivity index (χ1v) is 8.55. The van der Waals surface area contributed by atoms with Gasteiger partial charge in [0.25, 0.3) is 5.69 Å². The Bertz CT molecular complexity index is 1010. The highest BCUT2D eigenvalue weighted by atomic mass is 16.6. The van der Waals surface area contributed by atoms with E-state index < -0.39 is 10.9 Å². The van der Waals surface area contributed by atoms with Gasteiger partial charge in [0.15, 0.2) is 0 Å². The standard InChI is InChI=1S/C21H17N3O5/c1-28-19-12-4-16(5-13-19)21(25)29-20-10-2-15(3-11-20)14-22-23-17-6-8-18(9-7-17)24(26)27/h2-14,23H,1H3/b22-14+. The van der Waals surface area contributed by atoms with E-state index in [4.69, 9.17) is 9.47 Å². The summed E-state index contributed by atoms with van der Waals surface area (Å²) in [5.41, 5.74) is 4.62. The van der Waals surface area contributed by atoms with Crippen molar-refractivity contribution < 1.29 is 19.2 Å². The zero-order valence-corrected chi connectivity index (χ0v) is 15.4. The molecule has 0 aliphatic rings. The van der Waals surface area contributed by atoms with Crippen LogP contribution in [-0.2, 0) is 0 Å². The van der Waals surface area contributed by atoms with Crippen molar-refractivity contribution >= 4 is 23.6 Å². The van der Waals surface area contributed by atoms with Gasteiger partial charge in [0, 0.05) is 12.1 Å². The van der Waals surface area contributed by atoms with Crippen LogP contribution in [0.5, 0.6) is 11.5 Å². The number of carbonyl (C=O) groups excluding carboxylic acids is 1. The van der Waals surface area contributed by atoms with Crippen molar-refractivity contribution in [1.29, 1.82) is 0 Å². The molecule has 3 rings (SSSR count). The summed E-state index contributed by atoms with van der Waals surface area (Å²) >= 11 is 0. The number of nitro groups is 1. The number of rotatable bonds is 7. The highest BCUT2D eigenvalue weighted by molar-refractivity contribution is 5.91. The molecular formula is C21H17N3O5. The van der Waals surface area contributed by atoms with Crippen molar-refractivity contribution in [3.05, 3.63) is 94.0 Å². The third-order valence-electron chi connectivity index (χ3n) is 3.90. The molecular weight excluding hydrogens is 374 g/mol. The Hall–Kier alpha value is -4.20. The second kappa shape index (κ2) is 9.14. The lowest BCUT2D eigenvalue weighted by Gasteiger charge is -2.05. The molecule has 0 aliphatic carbocycles. The van der Waals surface area contributed by atoms with Crippen molar-refractivity contribution in [3.8, 4) is 11.5 Å². The molecule has 3 aromatic rings. The summed E-state index contributed by atoms with van der Waals surface area (Å²) in [6.45, 7) is 0. The highest BCUT2D eigenvalue weighted by Gasteiger charge is 2.08. The van der Waals surface area contributed by atoms with Crippen LogP contribution in [0.15, 0.2) is 77.9 Å². The number of esters is 1. The molecule has 0 unspecified atom stereocenters. The minimum absolute atomic E-state index is 0.0132. The normalized spacial score (nSPS) is 10.5. The summed E-state index contributed by atoms with van der Waals surface area (Å²) in [6, 6.07) is 19.4. The van der Waals surface area contributed by atoms with Crippen molar-refractivity contribution in [2.24, 2.45) is 5.10 Å². The third kappa shape index (κ3) is 5.39. The number of methoxy groups -OCH3 is 1. The van der Waals surface area contributed by atoms with Crippen LogP contribution in [-0.4, -0.2) is 24.2 Å². The fraction of sp³-hybridized carbons (Fsp3) is 0.0476. The maximum atomic E-state index is 12.2. The van der Waals surface area contributed by atoms with E-state index >= 15 is 0 Å². The molecule has 8 nitrogen and oxygen atoms in total. The summed E-state index contributed by atoms with van der Waals surface area (Å²) in [5.74, 6) is 0.604. The van der Waals surface area contributed by atoms with E-state index in [9.17, 15) is 14.9 Å². The number of carbonyl (C=O) groups is 1. The average molecular weight is 391 g/mol. The Kier molecular flexibility index (Phi) is 6.16. The summed E-state index contributed by atoms with van der Waals surface area (Å²) in [5, 5.41) is 14.7. The molecule has 0 aliphatic heterocycles. The van der Waals surface area contributed by atoms with Gasteiger partial charge in [-0.1, -0.05) is 0 Å². The molecule has 0 bridgehead atoms. The van der Waals surface area contributed by atoms with E-state index in [0.29, 0.717) is 22.7 Å². The first-order valence-electron chi connectivity index (χ1n) is 8.55. The van der Waals surface area contributed by atoms with Crippen molar-refractivity contribution in [1.82, 2.24) is 0 Å². The second-order valence-electron chi connectivity index (χ2n) is 5.86. The number of non-ortho nitro benzene ring substituents is 1. The van der Waals surface area contributed by atoms with Gasteiger partial charge in [0.1, 0.15) is 11.5 Å². The maximum absolute atomic E-state index is 12.2. The van der Waals surface area contributed by atoms with Gasteiger partial charge in [-0.25, -0.2) is 4.79 Å². The number of anilines is 1. The lowest BCUT2D eigenvalue weighted by atomic mass is 10.2. The number of nitrogens with one attached hydrogen (secondary N) is 1. The van der Waals surface area contributed by atoms with Crippen LogP contribution in [0, 0.1) is 10.1 Å². The predicted octanol–water partition coefficient (Wildman–Crippen LogP) is 4.27. The number of nitro benzene ring substituents is 1. The van der Waals surface area contributed by atoms with Crippen LogP contribution in [0.3, 0.4) is 0 Å². The third-order valence-corrected chi connectivity index (χ3v) is 3.90. The zero-order valence-electron chi connectivity index (χ0n) is 15.4. The van der Waals surface area contributed by atoms with E-state index in [1.165, 1.54) is 12.1 Å². The Labute approximate surface area is 166 Å². The smallest absolute Gasteiger partial charge is 0.343 e. The molecule has 0 saturated carbocycles. The Morgan fingerprint density at radius 3 is 2.17 bits per heavy atom. The van der Waals surface area contributed by atoms with Gasteiger partial charge >= 0.3 is 5.97 Å². The lowest BCUT2D eigenvalue weighted by molar-refractivity contribution is -0.384. The van der Waals surface area contributed by atoms with Gasteiger partial charge in [-0.3, -0.25) is 15.5 Å². The molecule has 0 amide bonds. The first-order chi connectivity index (χ1) is 14.0. The number of nitrogens with zero attached hydrogens (tertiary/aromatic N) is 2. The molecule has 0 aromatic heterocycles. The summed E-state index contributed by atoms with van der Waals surface area (Å²) in [4.78, 5) is 22.3. The highest BCUT2D eigenvalue weighted by Crippen LogP contribution is 2.17. The van der Waals surface area contributed by atoms with E-state index in [1.807, 2.05) is 0 Å². The number of hydrogen-bond donors (Lipinski definition) is 1. The molecule has 0 heterocycles. The molecule has 3 aromatic carbocycles. The van der Waals surface area contributed by atoms with Crippen LogP contribution >= 0.6 is 0 Å². The second-order valence-corrected chi connectivity index (χ2v) is 5.86. The molecule has 0 saturated heterocycles.